The van der Waals surface area contributed by atoms with Crippen molar-refractivity contribution in [3.8, 4) is 5.75 Å². The van der Waals surface area contributed by atoms with Gasteiger partial charge in [-0.25, -0.2) is 4.79 Å². The molecule has 1 aromatic rings. The lowest BCUT2D eigenvalue weighted by atomic mass is 10.1. The number of ether oxygens (including phenoxy) is 2. The van der Waals surface area contributed by atoms with Crippen LogP contribution in [0.2, 0.25) is 0 Å². The van der Waals surface area contributed by atoms with Gasteiger partial charge in [0.25, 0.3) is 0 Å². The molecule has 1 aromatic carbocycles. The molecular formula is C14H21NO3. The molecule has 0 saturated carbocycles. The summed E-state index contributed by atoms with van der Waals surface area (Å²) in [6.07, 6.45) is 1.64. The van der Waals surface area contributed by atoms with Crippen LogP contribution in [0.15, 0.2) is 24.3 Å². The minimum Gasteiger partial charge on any atom is -0.495 e. The summed E-state index contributed by atoms with van der Waals surface area (Å²) in [6.45, 7) is 4.24. The summed E-state index contributed by atoms with van der Waals surface area (Å²) in [5, 5.41) is 3.18. The smallest absolute Gasteiger partial charge is 0.328 e. The molecule has 4 nitrogen and oxygen atoms in total. The zero-order chi connectivity index (χ0) is 13.4. The molecule has 0 radical (unpaired) electrons. The minimum atomic E-state index is -0.328. The van der Waals surface area contributed by atoms with E-state index < -0.39 is 0 Å². The van der Waals surface area contributed by atoms with Gasteiger partial charge >= 0.3 is 5.97 Å². The molecule has 0 bridgehead atoms. The van der Waals surface area contributed by atoms with Crippen molar-refractivity contribution in [1.29, 1.82) is 0 Å². The average Bonchev–Trinajstić information content (AvgIpc) is 2.39. The van der Waals surface area contributed by atoms with Gasteiger partial charge in [-0.2, -0.15) is 0 Å². The number of hydrogen-bond acceptors (Lipinski definition) is 4. The van der Waals surface area contributed by atoms with Crippen molar-refractivity contribution < 1.29 is 14.3 Å². The van der Waals surface area contributed by atoms with Crippen molar-refractivity contribution >= 4 is 11.7 Å². The molecule has 1 N–H and O–H groups in total. The second-order valence-corrected chi connectivity index (χ2v) is 3.94. The van der Waals surface area contributed by atoms with E-state index in [1.54, 1.807) is 7.11 Å². The van der Waals surface area contributed by atoms with Crippen LogP contribution in [-0.4, -0.2) is 25.7 Å². The molecular weight excluding hydrogens is 230 g/mol. The molecule has 0 aromatic heterocycles. The third-order valence-electron chi connectivity index (χ3n) is 2.59. The Morgan fingerprint density at radius 2 is 2.06 bits per heavy atom. The van der Waals surface area contributed by atoms with Gasteiger partial charge < -0.3 is 14.8 Å². The number of nitrogens with one attached hydrogen (secondary N) is 1. The van der Waals surface area contributed by atoms with Crippen molar-refractivity contribution in [1.82, 2.24) is 0 Å². The predicted molar refractivity (Wildman–Crippen MR) is 71.9 cm³/mol. The highest BCUT2D eigenvalue weighted by molar-refractivity contribution is 5.80. The normalized spacial score (nSPS) is 11.7. The summed E-state index contributed by atoms with van der Waals surface area (Å²) >= 11 is 0. The van der Waals surface area contributed by atoms with Crippen molar-refractivity contribution in [2.45, 2.75) is 32.7 Å². The highest BCUT2D eigenvalue weighted by Gasteiger charge is 2.19. The molecule has 100 valence electrons. The van der Waals surface area contributed by atoms with Crippen LogP contribution >= 0.6 is 0 Å². The maximum Gasteiger partial charge on any atom is 0.328 e. The zero-order valence-electron chi connectivity index (χ0n) is 11.2. The molecule has 0 amide bonds. The molecule has 18 heavy (non-hydrogen) atoms. The fraction of sp³-hybridized carbons (Fsp3) is 0.500. The maximum atomic E-state index is 11.8. The van der Waals surface area contributed by atoms with Gasteiger partial charge in [0.05, 0.1) is 19.4 Å². The monoisotopic (exact) mass is 251 g/mol. The average molecular weight is 251 g/mol. The number of carbonyl (C=O) groups excluding carboxylic acids is 1. The number of rotatable bonds is 7. The molecule has 4 heteroatoms. The van der Waals surface area contributed by atoms with Gasteiger partial charge in [-0.05, 0) is 25.5 Å². The molecule has 1 unspecified atom stereocenters. The summed E-state index contributed by atoms with van der Waals surface area (Å²) < 4.78 is 10.3. The lowest BCUT2D eigenvalue weighted by Crippen LogP contribution is -2.31. The lowest BCUT2D eigenvalue weighted by Gasteiger charge is -2.19. The molecule has 1 rings (SSSR count). The van der Waals surface area contributed by atoms with Gasteiger partial charge in [0.2, 0.25) is 0 Å². The predicted octanol–water partition coefficient (Wildman–Crippen LogP) is 2.84. The molecule has 0 heterocycles. The van der Waals surface area contributed by atoms with E-state index in [9.17, 15) is 4.79 Å². The molecule has 0 aliphatic heterocycles. The molecule has 0 saturated heterocycles. The third kappa shape index (κ3) is 3.95. The van der Waals surface area contributed by atoms with Crippen LogP contribution in [0.4, 0.5) is 5.69 Å². The van der Waals surface area contributed by atoms with Gasteiger partial charge in [0, 0.05) is 0 Å². The Morgan fingerprint density at radius 3 is 2.67 bits per heavy atom. The van der Waals surface area contributed by atoms with E-state index in [1.807, 2.05) is 38.1 Å². The number of anilines is 1. The van der Waals surface area contributed by atoms with Gasteiger partial charge in [0.15, 0.2) is 0 Å². The van der Waals surface area contributed by atoms with E-state index >= 15 is 0 Å². The van der Waals surface area contributed by atoms with Gasteiger partial charge in [0.1, 0.15) is 11.8 Å². The van der Waals surface area contributed by atoms with Gasteiger partial charge in [-0.3, -0.25) is 0 Å². The van der Waals surface area contributed by atoms with Crippen LogP contribution in [0.5, 0.6) is 5.75 Å². The van der Waals surface area contributed by atoms with Gasteiger partial charge in [-0.15, -0.1) is 0 Å². The Balaban J connectivity index is 2.79. The Hall–Kier alpha value is -1.71. The Kier molecular flexibility index (Phi) is 6.05. The molecule has 0 aliphatic rings. The van der Waals surface area contributed by atoms with Crippen LogP contribution in [0.3, 0.4) is 0 Å². The number of methoxy groups -OCH3 is 1. The summed E-state index contributed by atoms with van der Waals surface area (Å²) in [6, 6.07) is 7.21. The second kappa shape index (κ2) is 7.58. The van der Waals surface area contributed by atoms with E-state index in [0.29, 0.717) is 6.61 Å². The first kappa shape index (κ1) is 14.4. The SMILES string of the molecule is CCCC(Nc1ccccc1OC)C(=O)OCC. The Labute approximate surface area is 108 Å². The van der Waals surface area contributed by atoms with Crippen molar-refractivity contribution in [3.05, 3.63) is 24.3 Å². The van der Waals surface area contributed by atoms with E-state index in [1.165, 1.54) is 0 Å². The van der Waals surface area contributed by atoms with Crippen molar-refractivity contribution in [2.24, 2.45) is 0 Å². The highest BCUT2D eigenvalue weighted by atomic mass is 16.5. The third-order valence-corrected chi connectivity index (χ3v) is 2.59. The van der Waals surface area contributed by atoms with Crippen LogP contribution in [-0.2, 0) is 9.53 Å². The van der Waals surface area contributed by atoms with Crippen LogP contribution < -0.4 is 10.1 Å². The fourth-order valence-corrected chi connectivity index (χ4v) is 1.73. The summed E-state index contributed by atoms with van der Waals surface area (Å²) in [5.74, 6) is 0.508. The minimum absolute atomic E-state index is 0.217. The first-order valence-corrected chi connectivity index (χ1v) is 6.29. The second-order valence-electron chi connectivity index (χ2n) is 3.94. The highest BCUT2D eigenvalue weighted by Crippen LogP contribution is 2.24. The van der Waals surface area contributed by atoms with E-state index in [4.69, 9.17) is 9.47 Å². The van der Waals surface area contributed by atoms with Crippen LogP contribution in [0.25, 0.3) is 0 Å². The summed E-state index contributed by atoms with van der Waals surface area (Å²) in [5.41, 5.74) is 0.812. The number of carbonyl (C=O) groups is 1. The number of para-hydroxylation sites is 2. The fourth-order valence-electron chi connectivity index (χ4n) is 1.73. The van der Waals surface area contributed by atoms with E-state index in [-0.39, 0.29) is 12.0 Å². The van der Waals surface area contributed by atoms with Gasteiger partial charge in [-0.1, -0.05) is 25.5 Å². The first-order chi connectivity index (χ1) is 8.72. The Morgan fingerprint density at radius 1 is 1.33 bits per heavy atom. The standard InChI is InChI=1S/C14H21NO3/c1-4-8-12(14(16)18-5-2)15-11-9-6-7-10-13(11)17-3/h6-7,9-10,12,15H,4-5,8H2,1-3H3. The number of hydrogen-bond donors (Lipinski definition) is 1. The number of esters is 1. The summed E-state index contributed by atoms with van der Waals surface area (Å²) in [7, 11) is 1.61. The Bertz CT molecular complexity index is 379. The van der Waals surface area contributed by atoms with E-state index in [2.05, 4.69) is 5.32 Å². The molecule has 0 spiro atoms. The quantitative estimate of drug-likeness (QED) is 0.757. The zero-order valence-corrected chi connectivity index (χ0v) is 11.2. The van der Waals surface area contributed by atoms with Crippen molar-refractivity contribution in [2.75, 3.05) is 19.0 Å². The van der Waals surface area contributed by atoms with E-state index in [0.717, 1.165) is 24.3 Å². The molecule has 0 aliphatic carbocycles. The van der Waals surface area contributed by atoms with Crippen LogP contribution in [0, 0.1) is 0 Å². The molecule has 0 fully saturated rings. The molecule has 1 atom stereocenters. The summed E-state index contributed by atoms with van der Waals surface area (Å²) in [4.78, 5) is 11.8. The first-order valence-electron chi connectivity index (χ1n) is 6.29. The van der Waals surface area contributed by atoms with Crippen molar-refractivity contribution in [3.63, 3.8) is 0 Å². The number of benzene rings is 1. The topological polar surface area (TPSA) is 47.6 Å². The largest absolute Gasteiger partial charge is 0.495 e. The van der Waals surface area contributed by atoms with Crippen LogP contribution in [0.1, 0.15) is 26.7 Å². The lowest BCUT2D eigenvalue weighted by molar-refractivity contribution is -0.144. The maximum absolute atomic E-state index is 11.8.